The quantitative estimate of drug-likeness (QED) is 0.608. The Balaban J connectivity index is 0.000000605. The first-order chi connectivity index (χ1) is 4.86. The van der Waals surface area contributed by atoms with Crippen molar-refractivity contribution in [2.24, 2.45) is 5.73 Å². The predicted molar refractivity (Wildman–Crippen MR) is 47.0 cm³/mol. The largest absolute Gasteiger partial charge is 0.373 e. The lowest BCUT2D eigenvalue weighted by atomic mass is 9.89. The second kappa shape index (κ2) is 3.74. The van der Waals surface area contributed by atoms with Gasteiger partial charge in [0.05, 0.1) is 12.2 Å². The molecule has 2 nitrogen and oxygen atoms in total. The average Bonchev–Trinajstić information content (AvgIpc) is 1.99. The lowest BCUT2D eigenvalue weighted by Crippen LogP contribution is -2.46. The number of halogens is 1. The van der Waals surface area contributed by atoms with E-state index in [0.717, 1.165) is 0 Å². The zero-order valence-electron chi connectivity index (χ0n) is 6.66. The van der Waals surface area contributed by atoms with Crippen LogP contribution >= 0.6 is 12.4 Å². The van der Waals surface area contributed by atoms with Crippen LogP contribution in [-0.2, 0) is 4.74 Å². The first-order valence-electron chi connectivity index (χ1n) is 4.27. The van der Waals surface area contributed by atoms with E-state index in [0.29, 0.717) is 18.2 Å². The first kappa shape index (κ1) is 9.30. The fraction of sp³-hybridized carbons (Fsp3) is 1.00. The van der Waals surface area contributed by atoms with E-state index in [4.69, 9.17) is 10.5 Å². The van der Waals surface area contributed by atoms with E-state index in [1.54, 1.807) is 0 Å². The highest BCUT2D eigenvalue weighted by Gasteiger charge is 2.31. The van der Waals surface area contributed by atoms with E-state index < -0.39 is 0 Å². The topological polar surface area (TPSA) is 35.2 Å². The third kappa shape index (κ3) is 1.86. The minimum Gasteiger partial charge on any atom is -0.373 e. The van der Waals surface area contributed by atoms with Crippen LogP contribution in [0.1, 0.15) is 32.1 Å². The maximum Gasteiger partial charge on any atom is 0.0729 e. The molecule has 2 rings (SSSR count). The molecule has 0 radical (unpaired) electrons. The molecule has 0 aromatic rings. The Hall–Kier alpha value is 0.210. The Morgan fingerprint density at radius 1 is 1.09 bits per heavy atom. The van der Waals surface area contributed by atoms with Gasteiger partial charge in [0.1, 0.15) is 0 Å². The number of ether oxygens (including phenoxy) is 1. The number of rotatable bonds is 0. The minimum atomic E-state index is 0. The van der Waals surface area contributed by atoms with Gasteiger partial charge in [-0.3, -0.25) is 0 Å². The summed E-state index contributed by atoms with van der Waals surface area (Å²) in [5.41, 5.74) is 5.86. The molecule has 2 heterocycles. The van der Waals surface area contributed by atoms with Crippen LogP contribution in [-0.4, -0.2) is 18.2 Å². The van der Waals surface area contributed by atoms with Crippen LogP contribution in [0.15, 0.2) is 0 Å². The Morgan fingerprint density at radius 2 is 1.91 bits per heavy atom. The Labute approximate surface area is 73.9 Å². The summed E-state index contributed by atoms with van der Waals surface area (Å²) < 4.78 is 5.71. The van der Waals surface area contributed by atoms with Crippen LogP contribution in [0.25, 0.3) is 0 Å². The van der Waals surface area contributed by atoms with Gasteiger partial charge in [0.15, 0.2) is 0 Å². The molecule has 11 heavy (non-hydrogen) atoms. The van der Waals surface area contributed by atoms with E-state index in [1.165, 1.54) is 32.1 Å². The minimum absolute atomic E-state index is 0. The van der Waals surface area contributed by atoms with Crippen molar-refractivity contribution in [2.45, 2.75) is 50.4 Å². The van der Waals surface area contributed by atoms with E-state index >= 15 is 0 Å². The smallest absolute Gasteiger partial charge is 0.0729 e. The van der Waals surface area contributed by atoms with Crippen LogP contribution in [0.5, 0.6) is 0 Å². The fourth-order valence-corrected chi connectivity index (χ4v) is 2.02. The third-order valence-electron chi connectivity index (χ3n) is 2.68. The predicted octanol–water partition coefficient (Wildman–Crippen LogP) is 1.47. The molecular formula is C8H16ClNO. The van der Waals surface area contributed by atoms with Gasteiger partial charge in [-0.2, -0.15) is 0 Å². The van der Waals surface area contributed by atoms with Crippen molar-refractivity contribution in [1.82, 2.24) is 0 Å². The fourth-order valence-electron chi connectivity index (χ4n) is 2.02. The van der Waals surface area contributed by atoms with Crippen molar-refractivity contribution in [3.05, 3.63) is 0 Å². The molecule has 0 aromatic carbocycles. The van der Waals surface area contributed by atoms with E-state index in [9.17, 15) is 0 Å². The maximum absolute atomic E-state index is 5.86. The summed E-state index contributed by atoms with van der Waals surface area (Å²) in [6.07, 6.45) is 7.10. The highest BCUT2D eigenvalue weighted by atomic mass is 35.5. The summed E-state index contributed by atoms with van der Waals surface area (Å²) in [5.74, 6) is 0. The molecule has 2 aliphatic heterocycles. The summed E-state index contributed by atoms with van der Waals surface area (Å²) in [4.78, 5) is 0. The molecule has 3 heteroatoms. The van der Waals surface area contributed by atoms with Crippen LogP contribution in [0, 0.1) is 0 Å². The molecule has 3 atom stereocenters. The van der Waals surface area contributed by atoms with Crippen LogP contribution in [0.2, 0.25) is 0 Å². The average molecular weight is 178 g/mol. The summed E-state index contributed by atoms with van der Waals surface area (Å²) in [7, 11) is 0. The highest BCUT2D eigenvalue weighted by Crippen LogP contribution is 2.29. The van der Waals surface area contributed by atoms with Crippen LogP contribution in [0.4, 0.5) is 0 Å². The Bertz CT molecular complexity index is 129. The van der Waals surface area contributed by atoms with Crippen molar-refractivity contribution in [3.8, 4) is 0 Å². The molecule has 0 unspecified atom stereocenters. The molecule has 2 aliphatic rings. The van der Waals surface area contributed by atoms with Gasteiger partial charge >= 0.3 is 0 Å². The van der Waals surface area contributed by atoms with E-state index in [2.05, 4.69) is 0 Å². The molecule has 0 amide bonds. The van der Waals surface area contributed by atoms with E-state index in [-0.39, 0.29) is 12.4 Å². The van der Waals surface area contributed by atoms with E-state index in [1.807, 2.05) is 0 Å². The van der Waals surface area contributed by atoms with Gasteiger partial charge < -0.3 is 10.5 Å². The molecule has 0 saturated carbocycles. The Kier molecular flexibility index (Phi) is 3.16. The first-order valence-corrected chi connectivity index (χ1v) is 4.27. The highest BCUT2D eigenvalue weighted by molar-refractivity contribution is 5.85. The van der Waals surface area contributed by atoms with Gasteiger partial charge in [0.2, 0.25) is 0 Å². The van der Waals surface area contributed by atoms with Gasteiger partial charge in [-0.15, -0.1) is 12.4 Å². The lowest BCUT2D eigenvalue weighted by molar-refractivity contribution is -0.0925. The zero-order valence-corrected chi connectivity index (χ0v) is 7.48. The molecular weight excluding hydrogens is 162 g/mol. The molecule has 2 fully saturated rings. The number of fused-ring (bicyclic) bond motifs is 2. The molecule has 0 spiro atoms. The third-order valence-corrected chi connectivity index (χ3v) is 2.68. The van der Waals surface area contributed by atoms with Crippen molar-refractivity contribution in [3.63, 3.8) is 0 Å². The standard InChI is InChI=1S/C8H15NO.ClH/c9-7-5-4-6-2-1-3-8(7)10-6;/h6-8H,1-5,9H2;1H/t6-,7+,8+;/m0./s1. The molecule has 0 aliphatic carbocycles. The SMILES string of the molecule is Cl.N[C@@H]1CC[C@@H]2CCC[C@H]1O2. The maximum atomic E-state index is 5.86. The Morgan fingerprint density at radius 3 is 2.64 bits per heavy atom. The lowest BCUT2D eigenvalue weighted by Gasteiger charge is -2.38. The van der Waals surface area contributed by atoms with Crippen molar-refractivity contribution < 1.29 is 4.74 Å². The number of nitrogens with two attached hydrogens (primary N) is 1. The second-order valence-corrected chi connectivity index (χ2v) is 3.47. The van der Waals surface area contributed by atoms with Crippen molar-refractivity contribution in [1.29, 1.82) is 0 Å². The van der Waals surface area contributed by atoms with Crippen LogP contribution in [0.3, 0.4) is 0 Å². The van der Waals surface area contributed by atoms with Gasteiger partial charge in [0.25, 0.3) is 0 Å². The van der Waals surface area contributed by atoms with Gasteiger partial charge in [-0.05, 0) is 32.1 Å². The zero-order chi connectivity index (χ0) is 6.97. The summed E-state index contributed by atoms with van der Waals surface area (Å²) >= 11 is 0. The van der Waals surface area contributed by atoms with Crippen LogP contribution < -0.4 is 5.73 Å². The van der Waals surface area contributed by atoms with Crippen molar-refractivity contribution >= 4 is 12.4 Å². The second-order valence-electron chi connectivity index (χ2n) is 3.47. The molecule has 2 bridgehead atoms. The van der Waals surface area contributed by atoms with Crippen molar-refractivity contribution in [2.75, 3.05) is 0 Å². The van der Waals surface area contributed by atoms with Gasteiger partial charge in [-0.25, -0.2) is 0 Å². The number of hydrogen-bond donors (Lipinski definition) is 1. The summed E-state index contributed by atoms with van der Waals surface area (Å²) in [6.45, 7) is 0. The summed E-state index contributed by atoms with van der Waals surface area (Å²) in [6, 6.07) is 0.330. The monoisotopic (exact) mass is 177 g/mol. The van der Waals surface area contributed by atoms with Gasteiger partial charge in [0, 0.05) is 6.04 Å². The summed E-state index contributed by atoms with van der Waals surface area (Å²) in [5, 5.41) is 0. The normalized spacial score (nSPS) is 42.8. The molecule has 2 saturated heterocycles. The molecule has 66 valence electrons. The molecule has 2 N–H and O–H groups in total. The number of hydrogen-bond acceptors (Lipinski definition) is 2. The molecule has 0 aromatic heterocycles. The van der Waals surface area contributed by atoms with Gasteiger partial charge in [-0.1, -0.05) is 0 Å².